The lowest BCUT2D eigenvalue weighted by molar-refractivity contribution is -0.122. The molecular weight excluding hydrogens is 130 g/mol. The van der Waals surface area contributed by atoms with Gasteiger partial charge in [-0.3, -0.25) is 4.79 Å². The first-order valence-electron chi connectivity index (χ1n) is 3.32. The van der Waals surface area contributed by atoms with Crippen molar-refractivity contribution >= 4 is 11.6 Å². The van der Waals surface area contributed by atoms with Crippen molar-refractivity contribution in [3.8, 4) is 0 Å². The first-order valence-corrected chi connectivity index (χ1v) is 3.32. The second-order valence-corrected chi connectivity index (χ2v) is 2.27. The van der Waals surface area contributed by atoms with E-state index in [4.69, 9.17) is 0 Å². The number of carbonyl (C=O) groups excluding carboxylic acids is 2. The molecule has 1 N–H and O–H groups in total. The Morgan fingerprint density at radius 3 is 2.30 bits per heavy atom. The lowest BCUT2D eigenvalue weighted by Crippen LogP contribution is -2.18. The van der Waals surface area contributed by atoms with Gasteiger partial charge in [0.1, 0.15) is 11.6 Å². The van der Waals surface area contributed by atoms with Crippen LogP contribution in [0, 0.1) is 0 Å². The molecule has 0 amide bonds. The minimum absolute atomic E-state index is 0.0736. The monoisotopic (exact) mass is 143 g/mol. The molecule has 3 heteroatoms. The highest BCUT2D eigenvalue weighted by molar-refractivity contribution is 5.85. The van der Waals surface area contributed by atoms with Crippen LogP contribution in [0.25, 0.3) is 0 Å². The van der Waals surface area contributed by atoms with E-state index in [0.717, 1.165) is 0 Å². The van der Waals surface area contributed by atoms with Crippen LogP contribution in [0.5, 0.6) is 0 Å². The highest BCUT2D eigenvalue weighted by Crippen LogP contribution is 1.90. The van der Waals surface area contributed by atoms with Gasteiger partial charge < -0.3 is 10.1 Å². The number of carbonyl (C=O) groups is 2. The van der Waals surface area contributed by atoms with Crippen LogP contribution in [0.1, 0.15) is 19.8 Å². The Morgan fingerprint density at radius 2 is 1.90 bits per heavy atom. The van der Waals surface area contributed by atoms with Crippen molar-refractivity contribution in [1.82, 2.24) is 5.32 Å². The number of hydrogen-bond acceptors (Lipinski definition) is 3. The Hall–Kier alpha value is -0.700. The number of ketones is 2. The zero-order valence-corrected chi connectivity index (χ0v) is 6.44. The summed E-state index contributed by atoms with van der Waals surface area (Å²) in [6.45, 7) is 1.86. The van der Waals surface area contributed by atoms with Crippen molar-refractivity contribution in [1.29, 1.82) is 0 Å². The fourth-order valence-electron chi connectivity index (χ4n) is 0.601. The highest BCUT2D eigenvalue weighted by Gasteiger charge is 2.00. The smallest absolute Gasteiger partial charge is 0.147 e. The van der Waals surface area contributed by atoms with Crippen LogP contribution < -0.4 is 5.32 Å². The van der Waals surface area contributed by atoms with Gasteiger partial charge in [0.25, 0.3) is 0 Å². The molecule has 0 fully saturated rings. The average Bonchev–Trinajstić information content (AvgIpc) is 1.85. The number of nitrogens with one attached hydrogen (secondary N) is 1. The fourth-order valence-corrected chi connectivity index (χ4v) is 0.601. The maximum absolute atomic E-state index is 10.7. The topological polar surface area (TPSA) is 46.2 Å². The quantitative estimate of drug-likeness (QED) is 0.595. The van der Waals surface area contributed by atoms with Gasteiger partial charge in [-0.25, -0.2) is 0 Å². The first-order chi connectivity index (χ1) is 4.66. The number of hydrogen-bond donors (Lipinski definition) is 1. The molecule has 3 nitrogen and oxygen atoms in total. The first kappa shape index (κ1) is 9.30. The predicted molar refractivity (Wildman–Crippen MR) is 38.8 cm³/mol. The third kappa shape index (κ3) is 5.44. The van der Waals surface area contributed by atoms with Crippen LogP contribution in [0.15, 0.2) is 0 Å². The molecule has 0 saturated heterocycles. The van der Waals surface area contributed by atoms with Gasteiger partial charge >= 0.3 is 0 Å². The summed E-state index contributed by atoms with van der Waals surface area (Å²) in [5, 5.41) is 2.73. The molecule has 0 aromatic carbocycles. The average molecular weight is 143 g/mol. The second kappa shape index (κ2) is 5.11. The van der Waals surface area contributed by atoms with E-state index in [9.17, 15) is 9.59 Å². The third-order valence-corrected chi connectivity index (χ3v) is 1.13. The van der Waals surface area contributed by atoms with Crippen molar-refractivity contribution in [2.75, 3.05) is 13.6 Å². The summed E-state index contributed by atoms with van der Waals surface area (Å²) in [7, 11) is 1.71. The molecule has 0 bridgehead atoms. The van der Waals surface area contributed by atoms with Crippen molar-refractivity contribution in [2.24, 2.45) is 0 Å². The lowest BCUT2D eigenvalue weighted by Gasteiger charge is -1.95. The summed E-state index contributed by atoms with van der Waals surface area (Å²) in [5.41, 5.74) is 0. The minimum Gasteiger partial charge on any atom is -0.313 e. The lowest BCUT2D eigenvalue weighted by atomic mass is 10.2. The molecule has 58 valence electrons. The summed E-state index contributed by atoms with van der Waals surface area (Å²) >= 11 is 0. The third-order valence-electron chi connectivity index (χ3n) is 1.13. The maximum atomic E-state index is 10.7. The van der Waals surface area contributed by atoms with Gasteiger partial charge in [-0.15, -0.1) is 0 Å². The van der Waals surface area contributed by atoms with Crippen LogP contribution in [-0.4, -0.2) is 25.2 Å². The molecule has 0 heterocycles. The molecule has 0 aliphatic rings. The molecule has 0 radical (unpaired) electrons. The zero-order valence-electron chi connectivity index (χ0n) is 6.44. The molecule has 10 heavy (non-hydrogen) atoms. The molecule has 0 aliphatic carbocycles. The van der Waals surface area contributed by atoms with Gasteiger partial charge in [-0.1, -0.05) is 0 Å². The molecule has 0 rings (SSSR count). The Balaban J connectivity index is 3.30. The SMILES string of the molecule is CNCC(=O)CCC(C)=O. The summed E-state index contributed by atoms with van der Waals surface area (Å²) in [6.07, 6.45) is 0.747. The van der Waals surface area contributed by atoms with E-state index in [1.54, 1.807) is 7.05 Å². The summed E-state index contributed by atoms with van der Waals surface area (Å²) in [5.74, 6) is 0.169. The predicted octanol–water partition coefficient (Wildman–Crippen LogP) is 0.144. The largest absolute Gasteiger partial charge is 0.313 e. The molecule has 0 aromatic rings. The number of Topliss-reactive ketones (excluding diaryl/α,β-unsaturated/α-hetero) is 2. The Labute approximate surface area is 60.8 Å². The minimum atomic E-state index is 0.0736. The van der Waals surface area contributed by atoms with Gasteiger partial charge in [-0.05, 0) is 14.0 Å². The molecular formula is C7H13NO2. The zero-order chi connectivity index (χ0) is 7.98. The van der Waals surface area contributed by atoms with Crippen LogP contribution >= 0.6 is 0 Å². The van der Waals surface area contributed by atoms with E-state index in [-0.39, 0.29) is 11.6 Å². The number of likely N-dealkylation sites (N-methyl/N-ethyl adjacent to an activating group) is 1. The van der Waals surface area contributed by atoms with E-state index in [1.807, 2.05) is 0 Å². The summed E-state index contributed by atoms with van der Waals surface area (Å²) < 4.78 is 0. The van der Waals surface area contributed by atoms with E-state index < -0.39 is 0 Å². The Kier molecular flexibility index (Phi) is 4.76. The van der Waals surface area contributed by atoms with E-state index >= 15 is 0 Å². The van der Waals surface area contributed by atoms with Gasteiger partial charge in [0, 0.05) is 12.8 Å². The van der Waals surface area contributed by atoms with Gasteiger partial charge in [0.05, 0.1) is 6.54 Å². The van der Waals surface area contributed by atoms with Crippen molar-refractivity contribution in [3.05, 3.63) is 0 Å². The van der Waals surface area contributed by atoms with Gasteiger partial charge in [-0.2, -0.15) is 0 Å². The molecule has 0 unspecified atom stereocenters. The standard InChI is InChI=1S/C7H13NO2/c1-6(9)3-4-7(10)5-8-2/h8H,3-5H2,1-2H3. The second-order valence-electron chi connectivity index (χ2n) is 2.27. The van der Waals surface area contributed by atoms with E-state index in [1.165, 1.54) is 6.92 Å². The van der Waals surface area contributed by atoms with Crippen molar-refractivity contribution in [2.45, 2.75) is 19.8 Å². The Bertz CT molecular complexity index is 132. The van der Waals surface area contributed by atoms with Crippen LogP contribution in [-0.2, 0) is 9.59 Å². The summed E-state index contributed by atoms with van der Waals surface area (Å²) in [4.78, 5) is 21.1. The van der Waals surface area contributed by atoms with E-state index in [2.05, 4.69) is 5.32 Å². The molecule has 0 saturated carbocycles. The Morgan fingerprint density at radius 1 is 1.30 bits per heavy atom. The normalized spacial score (nSPS) is 9.40. The van der Waals surface area contributed by atoms with Crippen molar-refractivity contribution < 1.29 is 9.59 Å². The van der Waals surface area contributed by atoms with Gasteiger partial charge in [0.2, 0.25) is 0 Å². The van der Waals surface area contributed by atoms with Crippen molar-refractivity contribution in [3.63, 3.8) is 0 Å². The van der Waals surface area contributed by atoms with Crippen LogP contribution in [0.2, 0.25) is 0 Å². The van der Waals surface area contributed by atoms with E-state index in [0.29, 0.717) is 19.4 Å². The number of rotatable bonds is 5. The van der Waals surface area contributed by atoms with Crippen LogP contribution in [0.4, 0.5) is 0 Å². The summed E-state index contributed by atoms with van der Waals surface area (Å²) in [6, 6.07) is 0. The maximum Gasteiger partial charge on any atom is 0.147 e. The molecule has 0 aliphatic heterocycles. The van der Waals surface area contributed by atoms with Crippen LogP contribution in [0.3, 0.4) is 0 Å². The van der Waals surface area contributed by atoms with Gasteiger partial charge in [0.15, 0.2) is 0 Å². The molecule has 0 spiro atoms. The highest BCUT2D eigenvalue weighted by atomic mass is 16.1. The molecule has 0 aromatic heterocycles. The molecule has 0 atom stereocenters. The fraction of sp³-hybridized carbons (Fsp3) is 0.714.